The summed E-state index contributed by atoms with van der Waals surface area (Å²) >= 11 is 6.12. The summed E-state index contributed by atoms with van der Waals surface area (Å²) in [5.41, 5.74) is 1.77. The van der Waals surface area contributed by atoms with E-state index in [-0.39, 0.29) is 23.4 Å². The molecule has 0 bridgehead atoms. The average Bonchev–Trinajstić information content (AvgIpc) is 2.59. The van der Waals surface area contributed by atoms with E-state index in [2.05, 4.69) is 5.32 Å². The van der Waals surface area contributed by atoms with Gasteiger partial charge in [0.2, 0.25) is 5.91 Å². The molecule has 1 N–H and O–H groups in total. The van der Waals surface area contributed by atoms with Gasteiger partial charge < -0.3 is 5.32 Å². The minimum Gasteiger partial charge on any atom is -0.352 e. The highest BCUT2D eigenvalue weighted by molar-refractivity contribution is 7.93. The molecular weight excluding hydrogens is 372 g/mol. The van der Waals surface area contributed by atoms with Crippen LogP contribution in [0.1, 0.15) is 26.7 Å². The summed E-state index contributed by atoms with van der Waals surface area (Å²) in [5.74, 6) is -0.324. The topological polar surface area (TPSA) is 66.5 Å². The Labute approximate surface area is 159 Å². The van der Waals surface area contributed by atoms with Gasteiger partial charge in [-0.15, -0.1) is 0 Å². The van der Waals surface area contributed by atoms with Crippen molar-refractivity contribution in [3.05, 3.63) is 47.5 Å². The van der Waals surface area contributed by atoms with Gasteiger partial charge in [-0.3, -0.25) is 9.10 Å². The van der Waals surface area contributed by atoms with Crippen molar-refractivity contribution in [3.8, 4) is 11.1 Å². The number of benzene rings is 2. The van der Waals surface area contributed by atoms with Crippen LogP contribution < -0.4 is 9.62 Å². The van der Waals surface area contributed by atoms with Crippen LogP contribution in [0.25, 0.3) is 11.1 Å². The Balaban J connectivity index is 2.02. The molecular formula is C19H21ClN2O3S. The highest BCUT2D eigenvalue weighted by Gasteiger charge is 2.36. The number of carbonyl (C=O) groups excluding carboxylic acids is 1. The van der Waals surface area contributed by atoms with Crippen LogP contribution in [-0.4, -0.2) is 26.9 Å². The highest BCUT2D eigenvalue weighted by Crippen LogP contribution is 2.43. The first kappa shape index (κ1) is 18.7. The lowest BCUT2D eigenvalue weighted by Crippen LogP contribution is -2.44. The molecule has 2 aromatic carbocycles. The summed E-state index contributed by atoms with van der Waals surface area (Å²) in [6, 6.07) is 11.8. The molecule has 1 heterocycles. The number of amides is 1. The van der Waals surface area contributed by atoms with Crippen molar-refractivity contribution >= 4 is 33.2 Å². The Bertz CT molecular complexity index is 944. The predicted octanol–water partition coefficient (Wildman–Crippen LogP) is 3.82. The van der Waals surface area contributed by atoms with E-state index < -0.39 is 10.0 Å². The van der Waals surface area contributed by atoms with Gasteiger partial charge in [-0.2, -0.15) is 0 Å². The Morgan fingerprint density at radius 2 is 1.92 bits per heavy atom. The molecule has 0 fully saturated rings. The number of fused-ring (bicyclic) bond motifs is 3. The summed E-state index contributed by atoms with van der Waals surface area (Å²) in [6.07, 6.45) is 1.78. The number of hydrogen-bond acceptors (Lipinski definition) is 3. The maximum Gasteiger partial charge on any atom is 0.265 e. The normalized spacial score (nSPS) is 15.7. The van der Waals surface area contributed by atoms with Crippen LogP contribution in [0.5, 0.6) is 0 Å². The van der Waals surface area contributed by atoms with E-state index in [1.54, 1.807) is 42.5 Å². The fourth-order valence-electron chi connectivity index (χ4n) is 3.23. The zero-order valence-electron chi connectivity index (χ0n) is 14.7. The zero-order valence-corrected chi connectivity index (χ0v) is 16.3. The molecule has 0 saturated carbocycles. The van der Waals surface area contributed by atoms with Gasteiger partial charge in [0, 0.05) is 22.2 Å². The number of anilines is 1. The van der Waals surface area contributed by atoms with Crippen LogP contribution in [0.2, 0.25) is 5.02 Å². The molecule has 0 saturated heterocycles. The first-order valence-electron chi connectivity index (χ1n) is 8.55. The SMILES string of the molecule is CCCC(C)NC(=O)CN1c2ccc(Cl)cc2-c2ccccc2S1(=O)=O. The van der Waals surface area contributed by atoms with Crippen LogP contribution in [-0.2, 0) is 14.8 Å². The molecule has 0 aromatic heterocycles. The molecule has 138 valence electrons. The lowest BCUT2D eigenvalue weighted by Gasteiger charge is -2.32. The second kappa shape index (κ2) is 7.29. The third kappa shape index (κ3) is 3.44. The summed E-state index contributed by atoms with van der Waals surface area (Å²) < 4.78 is 27.4. The predicted molar refractivity (Wildman–Crippen MR) is 104 cm³/mol. The molecule has 0 spiro atoms. The summed E-state index contributed by atoms with van der Waals surface area (Å²) in [6.45, 7) is 3.68. The van der Waals surface area contributed by atoms with E-state index in [1.165, 1.54) is 0 Å². The van der Waals surface area contributed by atoms with E-state index >= 15 is 0 Å². The quantitative estimate of drug-likeness (QED) is 0.841. The maximum absolute atomic E-state index is 13.1. The van der Waals surface area contributed by atoms with Crippen molar-refractivity contribution in [1.29, 1.82) is 0 Å². The van der Waals surface area contributed by atoms with Gasteiger partial charge >= 0.3 is 0 Å². The number of hydrogen-bond donors (Lipinski definition) is 1. The fraction of sp³-hybridized carbons (Fsp3) is 0.316. The lowest BCUT2D eigenvalue weighted by atomic mass is 10.0. The molecule has 5 nitrogen and oxygen atoms in total. The zero-order chi connectivity index (χ0) is 18.9. The van der Waals surface area contributed by atoms with Crippen LogP contribution in [0, 0.1) is 0 Å². The number of rotatable bonds is 5. The molecule has 0 radical (unpaired) electrons. The number of carbonyl (C=O) groups is 1. The summed E-state index contributed by atoms with van der Waals surface area (Å²) in [5, 5.41) is 3.37. The molecule has 1 aliphatic rings. The largest absolute Gasteiger partial charge is 0.352 e. The summed E-state index contributed by atoms with van der Waals surface area (Å²) in [7, 11) is -3.82. The van der Waals surface area contributed by atoms with Crippen LogP contribution in [0.15, 0.2) is 47.4 Å². The lowest BCUT2D eigenvalue weighted by molar-refractivity contribution is -0.120. The van der Waals surface area contributed by atoms with E-state index in [1.807, 2.05) is 13.8 Å². The first-order valence-corrected chi connectivity index (χ1v) is 10.4. The van der Waals surface area contributed by atoms with E-state index in [0.29, 0.717) is 21.8 Å². The average molecular weight is 393 g/mol. The minimum absolute atomic E-state index is 0.00281. The van der Waals surface area contributed by atoms with Gasteiger partial charge in [0.25, 0.3) is 10.0 Å². The third-order valence-electron chi connectivity index (χ3n) is 4.39. The smallest absolute Gasteiger partial charge is 0.265 e. The number of sulfonamides is 1. The van der Waals surface area contributed by atoms with Crippen LogP contribution in [0.3, 0.4) is 0 Å². The molecule has 2 aromatic rings. The third-order valence-corrected chi connectivity index (χ3v) is 6.44. The second-order valence-electron chi connectivity index (χ2n) is 6.43. The van der Waals surface area contributed by atoms with E-state index in [0.717, 1.165) is 17.1 Å². The van der Waals surface area contributed by atoms with Gasteiger partial charge in [0.15, 0.2) is 0 Å². The van der Waals surface area contributed by atoms with Gasteiger partial charge in [-0.25, -0.2) is 8.42 Å². The Morgan fingerprint density at radius 3 is 2.65 bits per heavy atom. The van der Waals surface area contributed by atoms with E-state index in [4.69, 9.17) is 11.6 Å². The summed E-state index contributed by atoms with van der Waals surface area (Å²) in [4.78, 5) is 12.6. The second-order valence-corrected chi connectivity index (χ2v) is 8.69. The molecule has 1 unspecified atom stereocenters. The minimum atomic E-state index is -3.82. The van der Waals surface area contributed by atoms with Gasteiger partial charge in [0.05, 0.1) is 10.6 Å². The Hall–Kier alpha value is -2.05. The first-order chi connectivity index (χ1) is 12.3. The highest BCUT2D eigenvalue weighted by atomic mass is 35.5. The van der Waals surface area contributed by atoms with Crippen LogP contribution in [0.4, 0.5) is 5.69 Å². The van der Waals surface area contributed by atoms with E-state index in [9.17, 15) is 13.2 Å². The monoisotopic (exact) mass is 392 g/mol. The van der Waals surface area contributed by atoms with Crippen molar-refractivity contribution in [3.63, 3.8) is 0 Å². The molecule has 1 amide bonds. The molecule has 1 aliphatic heterocycles. The van der Waals surface area contributed by atoms with Crippen molar-refractivity contribution in [1.82, 2.24) is 5.32 Å². The van der Waals surface area contributed by atoms with Gasteiger partial charge in [0.1, 0.15) is 6.54 Å². The van der Waals surface area contributed by atoms with Crippen molar-refractivity contribution < 1.29 is 13.2 Å². The Kier molecular flexibility index (Phi) is 5.25. The maximum atomic E-state index is 13.1. The molecule has 26 heavy (non-hydrogen) atoms. The molecule has 3 rings (SSSR count). The van der Waals surface area contributed by atoms with Crippen LogP contribution >= 0.6 is 11.6 Å². The van der Waals surface area contributed by atoms with Gasteiger partial charge in [-0.1, -0.05) is 43.1 Å². The number of nitrogens with zero attached hydrogens (tertiary/aromatic N) is 1. The molecule has 1 atom stereocenters. The number of nitrogens with one attached hydrogen (secondary N) is 1. The standard InChI is InChI=1S/C19H21ClN2O3S/c1-3-6-13(2)21-19(23)12-22-17-10-9-14(20)11-16(17)15-7-4-5-8-18(15)26(22,24)25/h4-5,7-11,13H,3,6,12H2,1-2H3,(H,21,23). The van der Waals surface area contributed by atoms with Crippen molar-refractivity contribution in [2.24, 2.45) is 0 Å². The Morgan fingerprint density at radius 1 is 1.19 bits per heavy atom. The van der Waals surface area contributed by atoms with Crippen molar-refractivity contribution in [2.45, 2.75) is 37.6 Å². The number of halogens is 1. The fourth-order valence-corrected chi connectivity index (χ4v) is 5.05. The molecule has 0 aliphatic carbocycles. The van der Waals surface area contributed by atoms with Gasteiger partial charge in [-0.05, 0) is 37.6 Å². The molecule has 7 heteroatoms. The van der Waals surface area contributed by atoms with Crippen molar-refractivity contribution in [2.75, 3.05) is 10.8 Å².